The van der Waals surface area contributed by atoms with E-state index in [1.54, 1.807) is 0 Å². The molecule has 1 rings (SSSR count). The van der Waals surface area contributed by atoms with Crippen molar-refractivity contribution < 1.29 is 76.4 Å². The molecule has 0 heterocycles. The third-order valence-corrected chi connectivity index (χ3v) is 3.97. The number of carboxylic acid groups (broad SMARTS) is 1. The van der Waals surface area contributed by atoms with Crippen molar-refractivity contribution in [3.05, 3.63) is 33.9 Å². The van der Waals surface area contributed by atoms with Crippen LogP contribution in [-0.2, 0) is 0 Å². The molecule has 0 radical (unpaired) electrons. The second-order valence-electron chi connectivity index (χ2n) is 3.86. The summed E-state index contributed by atoms with van der Waals surface area (Å²) >= 11 is 4.77. The van der Waals surface area contributed by atoms with Crippen LogP contribution in [0.1, 0.15) is 10.4 Å². The Bertz CT molecular complexity index is 515. The molecule has 10 heteroatoms. The zero-order valence-electron chi connectivity index (χ0n) is 11.1. The number of nitro groups is 1. The third-order valence-electron chi connectivity index (χ3n) is 2.43. The summed E-state index contributed by atoms with van der Waals surface area (Å²) in [5.41, 5.74) is -0.679. The molecule has 1 aromatic rings. The minimum absolute atomic E-state index is 0. The maximum absolute atomic E-state index is 10.9. The van der Waals surface area contributed by atoms with Crippen LogP contribution in [0.2, 0.25) is 0 Å². The smallest absolute Gasteiger partial charge is 0.545 e. The van der Waals surface area contributed by atoms with Gasteiger partial charge in [0.2, 0.25) is 0 Å². The molecule has 21 heavy (non-hydrogen) atoms. The molecule has 2 unspecified atom stereocenters. The molecule has 0 aliphatic carbocycles. The molecule has 2 atom stereocenters. The van der Waals surface area contributed by atoms with E-state index in [0.29, 0.717) is 0 Å². The molecule has 1 aromatic carbocycles. The van der Waals surface area contributed by atoms with Gasteiger partial charge in [-0.3, -0.25) is 10.1 Å². The number of thioether (sulfide) groups is 1. The van der Waals surface area contributed by atoms with E-state index in [0.717, 1.165) is 17.8 Å². The normalized spacial score (nSPS) is 13.1. The first-order valence-corrected chi connectivity index (χ1v) is 7.08. The van der Waals surface area contributed by atoms with Gasteiger partial charge >= 0.3 is 51.4 Å². The first-order valence-electron chi connectivity index (χ1n) is 5.46. The monoisotopic (exact) mass is 357 g/mol. The molecule has 0 bridgehead atoms. The quantitative estimate of drug-likeness (QED) is 0.154. The molecule has 0 aliphatic heterocycles. The zero-order valence-corrected chi connectivity index (χ0v) is 16.0. The number of rotatable bonds is 7. The Morgan fingerprint density at radius 1 is 1.38 bits per heavy atom. The van der Waals surface area contributed by atoms with Gasteiger partial charge in [0.25, 0.3) is 5.69 Å². The summed E-state index contributed by atoms with van der Waals surface area (Å²) in [5, 5.41) is 40.4. The predicted octanol–water partition coefficient (Wildman–Crippen LogP) is -3.29. The summed E-state index contributed by atoms with van der Waals surface area (Å²) in [6, 6.07) is 3.36. The summed E-state index contributed by atoms with van der Waals surface area (Å²) in [6.45, 7) is 0. The van der Waals surface area contributed by atoms with E-state index in [2.05, 4.69) is 12.6 Å². The summed E-state index contributed by atoms with van der Waals surface area (Å²) in [6.07, 6.45) is -2.12. The van der Waals surface area contributed by atoms with Crippen LogP contribution in [0.4, 0.5) is 5.69 Å². The number of carbonyl (C=O) groups excluding carboxylic acids is 1. The second-order valence-corrected chi connectivity index (χ2v) is 5.28. The number of carboxylic acids is 1. The maximum atomic E-state index is 10.9. The number of benzene rings is 1. The minimum Gasteiger partial charge on any atom is -0.545 e. The third kappa shape index (κ3) is 6.55. The number of aliphatic hydroxyl groups is 2. The molecular weight excluding hydrogens is 345 g/mol. The fraction of sp³-hybridized carbons (Fsp3) is 0.364. The van der Waals surface area contributed by atoms with Gasteiger partial charge in [0, 0.05) is 23.1 Å². The van der Waals surface area contributed by atoms with Gasteiger partial charge in [0.1, 0.15) is 0 Å². The van der Waals surface area contributed by atoms with Gasteiger partial charge in [-0.25, -0.2) is 0 Å². The Morgan fingerprint density at radius 3 is 2.48 bits per heavy atom. The van der Waals surface area contributed by atoms with Crippen molar-refractivity contribution in [1.82, 2.24) is 0 Å². The van der Waals surface area contributed by atoms with Crippen LogP contribution in [-0.4, -0.2) is 44.8 Å². The van der Waals surface area contributed by atoms with Gasteiger partial charge in [-0.15, -0.1) is 11.8 Å². The van der Waals surface area contributed by atoms with Gasteiger partial charge in [-0.05, 0) is 6.07 Å². The Morgan fingerprint density at radius 2 is 2.00 bits per heavy atom. The molecule has 0 fully saturated rings. The van der Waals surface area contributed by atoms with Crippen LogP contribution in [0.3, 0.4) is 0 Å². The summed E-state index contributed by atoms with van der Waals surface area (Å²) in [5.74, 6) is -1.42. The number of aromatic carboxylic acids is 1. The summed E-state index contributed by atoms with van der Waals surface area (Å²) < 4.78 is 0. The number of hydrogen-bond donors (Lipinski definition) is 3. The van der Waals surface area contributed by atoms with Crippen molar-refractivity contribution in [1.29, 1.82) is 0 Å². The molecular formula is C11H12KNO6S2. The van der Waals surface area contributed by atoms with Crippen molar-refractivity contribution in [3.63, 3.8) is 0 Å². The summed E-state index contributed by atoms with van der Waals surface area (Å²) in [4.78, 5) is 21.0. The van der Waals surface area contributed by atoms with E-state index in [-0.39, 0.29) is 79.0 Å². The van der Waals surface area contributed by atoms with E-state index in [1.807, 2.05) is 0 Å². The van der Waals surface area contributed by atoms with Gasteiger partial charge in [-0.2, -0.15) is 12.6 Å². The standard InChI is InChI=1S/C11H13NO6S2.K/c13-8(4-19)9(14)5-20-10-2-1-6(11(15)16)3-7(10)12(17)18;/h1-3,8-9,13-14,19H,4-5H2,(H,15,16);/q;+1/p-1. The largest absolute Gasteiger partial charge is 1.00 e. The Balaban J connectivity index is 0.00000400. The first-order chi connectivity index (χ1) is 9.36. The van der Waals surface area contributed by atoms with Crippen molar-refractivity contribution in [2.75, 3.05) is 11.5 Å². The number of thiol groups is 1. The van der Waals surface area contributed by atoms with Crippen molar-refractivity contribution in [2.24, 2.45) is 0 Å². The van der Waals surface area contributed by atoms with E-state index < -0.39 is 23.1 Å². The number of hydrogen-bond acceptors (Lipinski definition) is 8. The van der Waals surface area contributed by atoms with Gasteiger partial charge in [-0.1, -0.05) is 6.07 Å². The van der Waals surface area contributed by atoms with E-state index in [9.17, 15) is 30.2 Å². The molecule has 0 amide bonds. The topological polar surface area (TPSA) is 124 Å². The van der Waals surface area contributed by atoms with Crippen LogP contribution in [0.5, 0.6) is 0 Å². The van der Waals surface area contributed by atoms with Crippen molar-refractivity contribution >= 4 is 36.0 Å². The summed E-state index contributed by atoms with van der Waals surface area (Å²) in [7, 11) is 0. The van der Waals surface area contributed by atoms with Crippen LogP contribution < -0.4 is 56.5 Å². The fourth-order valence-electron chi connectivity index (χ4n) is 1.32. The van der Waals surface area contributed by atoms with Crippen LogP contribution in [0.25, 0.3) is 0 Å². The first kappa shape index (κ1) is 21.3. The van der Waals surface area contributed by atoms with Crippen LogP contribution in [0, 0.1) is 10.1 Å². The molecule has 110 valence electrons. The SMILES string of the molecule is O=C([O-])c1ccc(SCC(O)C(O)CS)c([N+](=O)[O-])c1.[K+]. The molecule has 7 nitrogen and oxygen atoms in total. The van der Waals surface area contributed by atoms with E-state index >= 15 is 0 Å². The molecule has 0 aliphatic rings. The average Bonchev–Trinajstić information content (AvgIpc) is 2.43. The van der Waals surface area contributed by atoms with Crippen LogP contribution >= 0.6 is 24.4 Å². The number of nitro benzene ring substituents is 1. The zero-order chi connectivity index (χ0) is 15.3. The molecule has 0 aromatic heterocycles. The van der Waals surface area contributed by atoms with Crippen molar-refractivity contribution in [3.8, 4) is 0 Å². The molecule has 2 N–H and O–H groups in total. The molecule has 0 saturated carbocycles. The van der Waals surface area contributed by atoms with Gasteiger partial charge in [0.15, 0.2) is 0 Å². The average molecular weight is 357 g/mol. The van der Waals surface area contributed by atoms with E-state index in [1.165, 1.54) is 12.1 Å². The predicted molar refractivity (Wildman–Crippen MR) is 74.0 cm³/mol. The Kier molecular flexibility index (Phi) is 10.4. The Hall–Kier alpha value is 0.346. The number of aliphatic hydroxyl groups excluding tert-OH is 2. The van der Waals surface area contributed by atoms with Crippen LogP contribution in [0.15, 0.2) is 23.1 Å². The van der Waals surface area contributed by atoms with E-state index in [4.69, 9.17) is 0 Å². The van der Waals surface area contributed by atoms with Crippen molar-refractivity contribution in [2.45, 2.75) is 17.1 Å². The molecule has 0 spiro atoms. The number of carbonyl (C=O) groups is 1. The Labute approximate surface area is 173 Å². The van der Waals surface area contributed by atoms with Gasteiger partial charge in [0.05, 0.1) is 28.0 Å². The number of nitrogens with zero attached hydrogens (tertiary/aromatic N) is 1. The molecule has 0 saturated heterocycles. The maximum Gasteiger partial charge on any atom is 1.00 e. The minimum atomic E-state index is -1.50. The second kappa shape index (κ2) is 10.2. The van der Waals surface area contributed by atoms with Gasteiger partial charge < -0.3 is 20.1 Å². The fourth-order valence-corrected chi connectivity index (χ4v) is 2.58.